The van der Waals surface area contributed by atoms with Crippen molar-refractivity contribution in [2.75, 3.05) is 18.6 Å². The standard InChI is InChI=1S/C17H23N5O3.C14H19NO4/c18-15(16(23)24)7-11(9-21-17(19)20)10-25-22-14-6-5-12-3-1-2-4-13(12)8-14;1-10(2)8-12(13(16)17)15-14(18)19-9-11-6-4-3-5-7-11/h1-6,8,11,15,22H,7,9-10,18H2,(H,23,24)(H4,19,20,21);3-7,10,12H,8-9H2,1-2H3,(H,15,18)(H,16,17)/t11?,15-;12-/m00/s1. The van der Waals surface area contributed by atoms with Crippen LogP contribution in [0, 0.1) is 11.8 Å². The molecule has 0 radical (unpaired) electrons. The topological polar surface area (TPSA) is 225 Å². The molecule has 0 aliphatic carbocycles. The van der Waals surface area contributed by atoms with Gasteiger partial charge in [-0.25, -0.2) is 9.59 Å². The molecular weight excluding hydrogens is 568 g/mol. The van der Waals surface area contributed by atoms with Crippen LogP contribution in [0.15, 0.2) is 77.8 Å². The molecule has 0 saturated carbocycles. The number of guanidine groups is 1. The van der Waals surface area contributed by atoms with Gasteiger partial charge in [-0.3, -0.25) is 20.1 Å². The largest absolute Gasteiger partial charge is 0.480 e. The number of nitrogens with two attached hydrogens (primary N) is 3. The number of nitrogens with one attached hydrogen (secondary N) is 2. The Morgan fingerprint density at radius 2 is 1.55 bits per heavy atom. The third kappa shape index (κ3) is 13.9. The summed E-state index contributed by atoms with van der Waals surface area (Å²) in [4.78, 5) is 42.8. The van der Waals surface area contributed by atoms with Gasteiger partial charge in [-0.15, -0.1) is 0 Å². The molecule has 1 amide bonds. The van der Waals surface area contributed by atoms with E-state index in [1.54, 1.807) is 0 Å². The van der Waals surface area contributed by atoms with Crippen molar-refractivity contribution in [1.29, 1.82) is 0 Å². The molecule has 238 valence electrons. The van der Waals surface area contributed by atoms with E-state index in [0.717, 1.165) is 22.0 Å². The molecule has 10 N–H and O–H groups in total. The highest BCUT2D eigenvalue weighted by atomic mass is 16.6. The van der Waals surface area contributed by atoms with E-state index >= 15 is 0 Å². The fourth-order valence-electron chi connectivity index (χ4n) is 3.99. The number of amides is 1. The van der Waals surface area contributed by atoms with Gasteiger partial charge in [0.1, 0.15) is 18.7 Å². The van der Waals surface area contributed by atoms with Crippen LogP contribution in [0.5, 0.6) is 0 Å². The van der Waals surface area contributed by atoms with Crippen molar-refractivity contribution in [3.63, 3.8) is 0 Å². The molecule has 0 aliphatic rings. The van der Waals surface area contributed by atoms with E-state index in [9.17, 15) is 14.4 Å². The van der Waals surface area contributed by atoms with Crippen LogP contribution in [0.25, 0.3) is 10.8 Å². The zero-order valence-corrected chi connectivity index (χ0v) is 24.9. The summed E-state index contributed by atoms with van der Waals surface area (Å²) in [6.45, 7) is 4.37. The molecule has 13 heteroatoms. The van der Waals surface area contributed by atoms with Crippen molar-refractivity contribution in [3.05, 3.63) is 78.4 Å². The van der Waals surface area contributed by atoms with Crippen LogP contribution in [0.2, 0.25) is 0 Å². The van der Waals surface area contributed by atoms with Gasteiger partial charge >= 0.3 is 18.0 Å². The molecule has 0 saturated heterocycles. The van der Waals surface area contributed by atoms with Crippen molar-refractivity contribution in [1.82, 2.24) is 5.32 Å². The van der Waals surface area contributed by atoms with Gasteiger partial charge in [0.05, 0.1) is 12.3 Å². The minimum atomic E-state index is -1.07. The van der Waals surface area contributed by atoms with E-state index in [0.29, 0.717) is 6.42 Å². The number of carboxylic acid groups (broad SMARTS) is 2. The van der Waals surface area contributed by atoms with E-state index in [2.05, 4.69) is 15.8 Å². The summed E-state index contributed by atoms with van der Waals surface area (Å²) < 4.78 is 4.98. The monoisotopic (exact) mass is 610 g/mol. The first kappa shape index (κ1) is 35.3. The number of benzene rings is 3. The number of aliphatic imine (C=N–C) groups is 1. The number of carbonyl (C=O) groups excluding carboxylic acids is 1. The van der Waals surface area contributed by atoms with Crippen molar-refractivity contribution >= 4 is 40.5 Å². The zero-order chi connectivity index (χ0) is 32.5. The Balaban J connectivity index is 0.000000319. The smallest absolute Gasteiger partial charge is 0.408 e. The molecule has 1 unspecified atom stereocenters. The van der Waals surface area contributed by atoms with Crippen molar-refractivity contribution in [2.24, 2.45) is 34.0 Å². The number of ether oxygens (including phenoxy) is 1. The number of carbonyl (C=O) groups is 3. The van der Waals surface area contributed by atoms with Crippen LogP contribution in [-0.4, -0.2) is 59.4 Å². The second kappa shape index (κ2) is 18.6. The lowest BCUT2D eigenvalue weighted by molar-refractivity contribution is -0.140. The summed E-state index contributed by atoms with van der Waals surface area (Å²) in [5.41, 5.74) is 20.7. The Bertz CT molecular complexity index is 1370. The predicted octanol–water partition coefficient (Wildman–Crippen LogP) is 3.29. The molecule has 0 aromatic heterocycles. The van der Waals surface area contributed by atoms with Crippen LogP contribution in [0.3, 0.4) is 0 Å². The summed E-state index contributed by atoms with van der Waals surface area (Å²) in [6.07, 6.45) is -0.140. The molecule has 0 aliphatic heterocycles. The van der Waals surface area contributed by atoms with Crippen LogP contribution < -0.4 is 28.0 Å². The van der Waals surface area contributed by atoms with Gasteiger partial charge < -0.3 is 37.5 Å². The summed E-state index contributed by atoms with van der Waals surface area (Å²) in [7, 11) is 0. The highest BCUT2D eigenvalue weighted by Gasteiger charge is 2.22. The quantitative estimate of drug-likeness (QED) is 0.0751. The minimum absolute atomic E-state index is 0.0589. The van der Waals surface area contributed by atoms with Crippen LogP contribution in [0.1, 0.15) is 32.3 Å². The lowest BCUT2D eigenvalue weighted by Crippen LogP contribution is -2.41. The first-order chi connectivity index (χ1) is 20.9. The summed E-state index contributed by atoms with van der Waals surface area (Å²) in [5, 5.41) is 22.5. The highest BCUT2D eigenvalue weighted by Crippen LogP contribution is 2.19. The maximum absolute atomic E-state index is 11.5. The van der Waals surface area contributed by atoms with Gasteiger partial charge in [0.15, 0.2) is 5.96 Å². The van der Waals surface area contributed by atoms with Crippen LogP contribution in [-0.2, 0) is 25.8 Å². The SMILES string of the molecule is CC(C)C[C@H](NC(=O)OCc1ccccc1)C(=O)O.NC(N)=NCC(CONc1ccc2ccccc2c1)C[C@H](N)C(=O)O. The minimum Gasteiger partial charge on any atom is -0.480 e. The zero-order valence-electron chi connectivity index (χ0n) is 24.9. The molecule has 3 rings (SSSR count). The molecule has 13 nitrogen and oxygen atoms in total. The van der Waals surface area contributed by atoms with E-state index < -0.39 is 30.1 Å². The van der Waals surface area contributed by atoms with E-state index in [1.165, 1.54) is 0 Å². The van der Waals surface area contributed by atoms with E-state index in [4.69, 9.17) is 37.0 Å². The first-order valence-electron chi connectivity index (χ1n) is 14.0. The third-order valence-electron chi connectivity index (χ3n) is 6.21. The van der Waals surface area contributed by atoms with Crippen molar-refractivity contribution in [3.8, 4) is 0 Å². The normalized spacial score (nSPS) is 12.6. The Kier molecular flexibility index (Phi) is 14.9. The highest BCUT2D eigenvalue weighted by molar-refractivity contribution is 5.85. The summed E-state index contributed by atoms with van der Waals surface area (Å²) in [6, 6.07) is 21.1. The molecular formula is C31H42N6O7. The number of alkyl carbamates (subject to hydrolysis) is 1. The van der Waals surface area contributed by atoms with Crippen LogP contribution >= 0.6 is 0 Å². The van der Waals surface area contributed by atoms with Gasteiger partial charge in [-0.1, -0.05) is 74.5 Å². The number of nitrogens with zero attached hydrogens (tertiary/aromatic N) is 1. The van der Waals surface area contributed by atoms with Gasteiger partial charge in [-0.05, 0) is 47.2 Å². The molecule has 0 fully saturated rings. The maximum atomic E-state index is 11.5. The molecule has 0 bridgehead atoms. The van der Waals surface area contributed by atoms with Gasteiger partial charge in [-0.2, -0.15) is 0 Å². The lowest BCUT2D eigenvalue weighted by atomic mass is 10.0. The van der Waals surface area contributed by atoms with Crippen LogP contribution in [0.4, 0.5) is 10.5 Å². The first-order valence-corrected chi connectivity index (χ1v) is 14.0. The molecule has 3 aromatic rings. The Morgan fingerprint density at radius 3 is 2.16 bits per heavy atom. The maximum Gasteiger partial charge on any atom is 0.408 e. The second-order valence-corrected chi connectivity index (χ2v) is 10.5. The molecule has 3 atom stereocenters. The number of fused-ring (bicyclic) bond motifs is 1. The molecule has 0 spiro atoms. The molecule has 44 heavy (non-hydrogen) atoms. The second-order valence-electron chi connectivity index (χ2n) is 10.5. The number of aliphatic carboxylic acids is 2. The van der Waals surface area contributed by atoms with Crippen molar-refractivity contribution in [2.45, 2.75) is 45.4 Å². The predicted molar refractivity (Wildman–Crippen MR) is 169 cm³/mol. The molecule has 0 heterocycles. The van der Waals surface area contributed by atoms with Gasteiger partial charge in [0, 0.05) is 12.5 Å². The number of carboxylic acids is 2. The fourth-order valence-corrected chi connectivity index (χ4v) is 3.99. The van der Waals surface area contributed by atoms with E-state index in [-0.39, 0.29) is 44.0 Å². The fraction of sp³-hybridized carbons (Fsp3) is 0.355. The Morgan fingerprint density at radius 1 is 0.886 bits per heavy atom. The van der Waals surface area contributed by atoms with Gasteiger partial charge in [0.2, 0.25) is 0 Å². The van der Waals surface area contributed by atoms with Crippen molar-refractivity contribution < 1.29 is 34.2 Å². The Hall–Kier alpha value is -4.88. The Labute approximate surface area is 256 Å². The lowest BCUT2D eigenvalue weighted by Gasteiger charge is -2.18. The third-order valence-corrected chi connectivity index (χ3v) is 6.21. The number of rotatable bonds is 15. The average molecular weight is 611 g/mol. The summed E-state index contributed by atoms with van der Waals surface area (Å²) >= 11 is 0. The number of hydrogen-bond donors (Lipinski definition) is 7. The summed E-state index contributed by atoms with van der Waals surface area (Å²) in [5.74, 6) is -2.24. The molecule has 3 aromatic carbocycles. The number of anilines is 1. The number of hydrogen-bond acceptors (Lipinski definition) is 8. The van der Waals surface area contributed by atoms with E-state index in [1.807, 2.05) is 86.6 Å². The average Bonchev–Trinajstić information content (AvgIpc) is 2.98. The van der Waals surface area contributed by atoms with Gasteiger partial charge in [0.25, 0.3) is 0 Å².